The molecule has 4 aromatic heterocycles. The Kier molecular flexibility index (Phi) is 11.3. The third-order valence-electron chi connectivity index (χ3n) is 16.3. The third-order valence-corrected chi connectivity index (χ3v) is 16.3. The lowest BCUT2D eigenvalue weighted by atomic mass is 9.50. The van der Waals surface area contributed by atoms with Crippen molar-refractivity contribution < 1.29 is 42.0 Å². The minimum absolute atomic E-state index is 0.0519. The lowest BCUT2D eigenvalue weighted by Crippen LogP contribution is -2.59. The predicted octanol–water partition coefficient (Wildman–Crippen LogP) is 4.44. The van der Waals surface area contributed by atoms with Gasteiger partial charge >= 0.3 is 6.09 Å². The zero-order valence-corrected chi connectivity index (χ0v) is 40.1. The molecule has 8 fully saturated rings. The molecule has 21 nitrogen and oxygen atoms in total. The average molecular weight is 991 g/mol. The van der Waals surface area contributed by atoms with Crippen LogP contribution < -0.4 is 26.0 Å². The number of nitrogen functional groups attached to an aromatic ring is 1. The van der Waals surface area contributed by atoms with Gasteiger partial charge in [0.2, 0.25) is 11.8 Å². The lowest BCUT2D eigenvalue weighted by Gasteiger charge is -2.61. The molecule has 1 unspecified atom stereocenters. The summed E-state index contributed by atoms with van der Waals surface area (Å²) in [6.07, 6.45) is 10.8. The van der Waals surface area contributed by atoms with Crippen molar-refractivity contribution in [2.45, 2.75) is 101 Å². The van der Waals surface area contributed by atoms with Gasteiger partial charge < -0.3 is 39.7 Å². The van der Waals surface area contributed by atoms with Gasteiger partial charge in [-0.2, -0.15) is 5.10 Å². The van der Waals surface area contributed by atoms with Gasteiger partial charge in [-0.25, -0.2) is 38.2 Å². The fourth-order valence-electron chi connectivity index (χ4n) is 11.7. The topological polar surface area (TPSA) is 245 Å². The number of likely N-dealkylation sites (tertiary alicyclic amines) is 2. The molecule has 8 heterocycles. The van der Waals surface area contributed by atoms with E-state index in [1.165, 1.54) is 23.4 Å². The molecule has 1 atom stereocenters. The Bertz CT molecular complexity index is 2940. The minimum atomic E-state index is -0.754. The van der Waals surface area contributed by atoms with E-state index in [1.807, 2.05) is 4.68 Å². The zero-order chi connectivity index (χ0) is 49.6. The molecular weight excluding hydrogens is 935 g/mol. The second-order valence-corrected chi connectivity index (χ2v) is 21.1. The van der Waals surface area contributed by atoms with Gasteiger partial charge in [-0.3, -0.25) is 24.6 Å². The van der Waals surface area contributed by atoms with E-state index in [0.717, 1.165) is 50.9 Å². The van der Waals surface area contributed by atoms with Crippen molar-refractivity contribution in [3.8, 4) is 28.5 Å². The largest absolute Gasteiger partial charge is 0.483 e. The number of hydrogen-bond acceptors (Lipinski definition) is 17. The Morgan fingerprint density at radius 1 is 0.917 bits per heavy atom. The molecule has 4 aliphatic carbocycles. The monoisotopic (exact) mass is 990 g/mol. The minimum Gasteiger partial charge on any atom is -0.483 e. The third kappa shape index (κ3) is 8.17. The highest BCUT2D eigenvalue weighted by Gasteiger charge is 2.59. The van der Waals surface area contributed by atoms with Crippen LogP contribution in [-0.4, -0.2) is 150 Å². The molecule has 4 N–H and O–H groups in total. The highest BCUT2D eigenvalue weighted by atomic mass is 19.1. The van der Waals surface area contributed by atoms with E-state index >= 15 is 8.78 Å². The molecular formula is C49H56F2N14O7. The SMILES string of the molecule is CC(C)(C1CCN(C(=O)COC(=O)N2CC(Oc3cnc(-c4c(-c5nn(C67CC(C6)C7)c6ncnc(N)c56)noc4C4CC4)nc3)C2)CC1)N1CCN(c2c(F)cc(NC3CCC(=O)NC3=O)cc2F)CC1. The van der Waals surface area contributed by atoms with E-state index in [4.69, 9.17) is 24.8 Å². The second-order valence-electron chi connectivity index (χ2n) is 21.1. The number of hydrogen-bond donors (Lipinski definition) is 3. The van der Waals surface area contributed by atoms with Crippen LogP contribution in [0.3, 0.4) is 0 Å². The number of anilines is 3. The maximum Gasteiger partial charge on any atom is 0.410 e. The van der Waals surface area contributed by atoms with Gasteiger partial charge in [0, 0.05) is 62.8 Å². The average Bonchev–Trinajstić information content (AvgIpc) is 3.97. The van der Waals surface area contributed by atoms with E-state index in [1.54, 1.807) is 22.2 Å². The first-order chi connectivity index (χ1) is 34.7. The summed E-state index contributed by atoms with van der Waals surface area (Å²) >= 11 is 0. The van der Waals surface area contributed by atoms with Gasteiger partial charge in [-0.05, 0) is 89.2 Å². The molecule has 23 heteroatoms. The summed E-state index contributed by atoms with van der Waals surface area (Å²) in [6, 6.07) is 1.62. The Hall–Kier alpha value is -7.04. The molecule has 1 aromatic carbocycles. The van der Waals surface area contributed by atoms with Crippen molar-refractivity contribution in [3.63, 3.8) is 0 Å². The number of fused-ring (bicyclic) bond motifs is 1. The van der Waals surface area contributed by atoms with Crippen LogP contribution in [-0.2, 0) is 24.7 Å². The van der Waals surface area contributed by atoms with Gasteiger partial charge in [0.1, 0.15) is 41.4 Å². The van der Waals surface area contributed by atoms with E-state index in [2.05, 4.69) is 54.5 Å². The number of carbonyl (C=O) groups is 4. The van der Waals surface area contributed by atoms with E-state index < -0.39 is 29.7 Å². The fraction of sp³-hybridized carbons (Fsp3) is 0.551. The summed E-state index contributed by atoms with van der Waals surface area (Å²) in [5, 5.41) is 15.3. The highest BCUT2D eigenvalue weighted by Crippen LogP contribution is 2.63. The van der Waals surface area contributed by atoms with Crippen molar-refractivity contribution in [1.29, 1.82) is 0 Å². The molecule has 5 aromatic rings. The van der Waals surface area contributed by atoms with Gasteiger partial charge in [0.05, 0.1) is 42.0 Å². The van der Waals surface area contributed by atoms with Crippen LogP contribution in [0.5, 0.6) is 5.75 Å². The number of piperazine rings is 1. The summed E-state index contributed by atoms with van der Waals surface area (Å²) in [6.45, 7) is 7.59. The highest BCUT2D eigenvalue weighted by molar-refractivity contribution is 6.02. The van der Waals surface area contributed by atoms with Gasteiger partial charge in [-0.15, -0.1) is 0 Å². The Morgan fingerprint density at radius 3 is 2.28 bits per heavy atom. The molecule has 4 aliphatic heterocycles. The number of nitrogens with two attached hydrogens (primary N) is 1. The number of aromatic nitrogens is 7. The summed E-state index contributed by atoms with van der Waals surface area (Å²) < 4.78 is 50.3. The van der Waals surface area contributed by atoms with Crippen LogP contribution in [0, 0.1) is 23.5 Å². The maximum atomic E-state index is 15.4. The van der Waals surface area contributed by atoms with Crippen LogP contribution in [0.15, 0.2) is 35.4 Å². The van der Waals surface area contributed by atoms with Crippen molar-refractivity contribution in [3.05, 3.63) is 48.2 Å². The molecule has 4 saturated carbocycles. The number of rotatable bonds is 13. The number of imide groups is 1. The maximum absolute atomic E-state index is 15.4. The number of carbonyl (C=O) groups excluding carboxylic acids is 4. The van der Waals surface area contributed by atoms with Crippen molar-refractivity contribution in [2.75, 3.05) is 74.9 Å². The van der Waals surface area contributed by atoms with Crippen LogP contribution in [0.2, 0.25) is 0 Å². The van der Waals surface area contributed by atoms with Gasteiger partial charge in [0.25, 0.3) is 5.91 Å². The fourth-order valence-corrected chi connectivity index (χ4v) is 11.7. The van der Waals surface area contributed by atoms with E-state index in [0.29, 0.717) is 90.4 Å². The smallest absolute Gasteiger partial charge is 0.410 e. The Labute approximate surface area is 412 Å². The number of halogens is 2. The number of piperidine rings is 2. The zero-order valence-electron chi connectivity index (χ0n) is 40.1. The molecule has 13 rings (SSSR count). The summed E-state index contributed by atoms with van der Waals surface area (Å²) in [4.78, 5) is 75.4. The van der Waals surface area contributed by atoms with Crippen LogP contribution in [0.1, 0.15) is 83.3 Å². The predicted molar refractivity (Wildman–Crippen MR) is 254 cm³/mol. The summed E-state index contributed by atoms with van der Waals surface area (Å²) in [7, 11) is 0. The van der Waals surface area contributed by atoms with E-state index in [9.17, 15) is 19.2 Å². The van der Waals surface area contributed by atoms with Crippen molar-refractivity contribution in [1.82, 2.24) is 54.9 Å². The Balaban J connectivity index is 0.596. The molecule has 4 saturated heterocycles. The Morgan fingerprint density at radius 2 is 1.62 bits per heavy atom. The molecule has 4 amide bonds. The second kappa shape index (κ2) is 17.6. The van der Waals surface area contributed by atoms with Crippen LogP contribution >= 0.6 is 0 Å². The van der Waals surface area contributed by atoms with Crippen molar-refractivity contribution in [2.24, 2.45) is 11.8 Å². The first kappa shape index (κ1) is 46.1. The molecule has 0 spiro atoms. The normalized spacial score (nSPS) is 23.9. The number of ether oxygens (including phenoxy) is 2. The molecule has 8 aliphatic rings. The summed E-state index contributed by atoms with van der Waals surface area (Å²) in [5.74, 6) is 0.459. The quantitative estimate of drug-likeness (QED) is 0.138. The molecule has 0 radical (unpaired) electrons. The first-order valence-electron chi connectivity index (χ1n) is 25.0. The van der Waals surface area contributed by atoms with Crippen molar-refractivity contribution >= 4 is 52.0 Å². The molecule has 72 heavy (non-hydrogen) atoms. The van der Waals surface area contributed by atoms with Gasteiger partial charge in [0.15, 0.2) is 41.2 Å². The lowest BCUT2D eigenvalue weighted by molar-refractivity contribution is -0.137. The van der Waals surface area contributed by atoms with Crippen LogP contribution in [0.4, 0.5) is 30.8 Å². The number of amides is 4. The molecule has 378 valence electrons. The standard InChI is InChI=1S/C49H56F2N14O7/c1-48(2,64-13-11-62(12-14-64)41-32(50)15-29(16-33(41)51)57-34-5-6-35(66)58-46(34)68)28-7-9-61(10-8-28)36(67)24-70-47(69)63-22-31(23-63)71-30-20-53-44(54-21-30)37-40(60-72-42(37)27-3-4-27)39-38-43(52)55-25-56-45(38)65(59-39)49-17-26(18-49)19-49/h15-16,20-21,25-28,31,34,57H,3-14,17-19,22-24H2,1-2H3,(H2,52,55,56)(H,58,66,68). The molecule has 2 bridgehead atoms. The summed E-state index contributed by atoms with van der Waals surface area (Å²) in [5.41, 5.74) is 8.57. The number of nitrogens with zero attached hydrogens (tertiary/aromatic N) is 11. The van der Waals surface area contributed by atoms with E-state index in [-0.39, 0.29) is 84.7 Å². The number of nitrogens with one attached hydrogen (secondary N) is 2. The first-order valence-corrected chi connectivity index (χ1v) is 25.0. The number of benzene rings is 1. The van der Waals surface area contributed by atoms with Crippen LogP contribution in [0.25, 0.3) is 33.8 Å². The van der Waals surface area contributed by atoms with Gasteiger partial charge in [-0.1, -0.05) is 5.16 Å².